The van der Waals surface area contributed by atoms with Crippen molar-refractivity contribution in [2.45, 2.75) is 25.3 Å². The average molecular weight is 450 g/mol. The largest absolute Gasteiger partial charge is 0.337 e. The molecule has 2 aromatic heterocycles. The van der Waals surface area contributed by atoms with Crippen LogP contribution >= 0.6 is 0 Å². The molecule has 8 nitrogen and oxygen atoms in total. The summed E-state index contributed by atoms with van der Waals surface area (Å²) in [5.74, 6) is 0.722. The lowest BCUT2D eigenvalue weighted by Crippen LogP contribution is -2.15. The first kappa shape index (κ1) is 21.7. The van der Waals surface area contributed by atoms with Crippen molar-refractivity contribution in [2.75, 3.05) is 11.8 Å². The number of anilines is 1. The number of aryl methyl sites for hydroxylation is 1. The number of sulfonamides is 1. The lowest BCUT2D eigenvalue weighted by atomic mass is 9.97. The van der Waals surface area contributed by atoms with Gasteiger partial charge in [0, 0.05) is 35.6 Å². The van der Waals surface area contributed by atoms with Crippen LogP contribution in [-0.4, -0.2) is 30.6 Å². The Hall–Kier alpha value is -3.56. The van der Waals surface area contributed by atoms with E-state index in [2.05, 4.69) is 25.2 Å². The highest BCUT2D eigenvalue weighted by Crippen LogP contribution is 2.33. The van der Waals surface area contributed by atoms with Crippen molar-refractivity contribution in [3.05, 3.63) is 77.7 Å². The Balaban J connectivity index is 1.80. The van der Waals surface area contributed by atoms with Crippen molar-refractivity contribution in [3.63, 3.8) is 0 Å². The molecule has 164 valence electrons. The molecule has 0 bridgehead atoms. The van der Waals surface area contributed by atoms with Crippen LogP contribution in [0.3, 0.4) is 0 Å². The van der Waals surface area contributed by atoms with E-state index in [4.69, 9.17) is 4.52 Å². The lowest BCUT2D eigenvalue weighted by molar-refractivity contribution is 0.430. The normalized spacial score (nSPS) is 11.5. The van der Waals surface area contributed by atoms with Crippen LogP contribution < -0.4 is 10.0 Å². The first-order valence-electron chi connectivity index (χ1n) is 10.0. The number of rotatable bonds is 7. The van der Waals surface area contributed by atoms with Crippen molar-refractivity contribution >= 4 is 15.9 Å². The van der Waals surface area contributed by atoms with Crippen molar-refractivity contribution in [1.82, 2.24) is 20.4 Å². The zero-order valence-corrected chi connectivity index (χ0v) is 18.8. The van der Waals surface area contributed by atoms with Gasteiger partial charge in [-0.25, -0.2) is 23.1 Å². The molecule has 2 aromatic carbocycles. The van der Waals surface area contributed by atoms with E-state index in [-0.39, 0.29) is 10.8 Å². The van der Waals surface area contributed by atoms with E-state index < -0.39 is 10.0 Å². The second-order valence-corrected chi connectivity index (χ2v) is 8.95. The Morgan fingerprint density at radius 1 is 0.969 bits per heavy atom. The molecule has 0 radical (unpaired) electrons. The molecule has 0 aliphatic heterocycles. The second-order valence-electron chi connectivity index (χ2n) is 7.30. The summed E-state index contributed by atoms with van der Waals surface area (Å²) in [4.78, 5) is 8.77. The molecule has 9 heteroatoms. The molecular formula is C23H23N5O3S. The molecule has 0 aliphatic carbocycles. The highest BCUT2D eigenvalue weighted by Gasteiger charge is 2.23. The SMILES string of the molecule is CNCc1cc(-c2ncccn2)ccc1-c1ccccc1S(=O)(=O)Nc1onc(C)c1C. The van der Waals surface area contributed by atoms with E-state index >= 15 is 0 Å². The van der Waals surface area contributed by atoms with Crippen molar-refractivity contribution < 1.29 is 12.9 Å². The van der Waals surface area contributed by atoms with E-state index in [1.807, 2.05) is 31.3 Å². The maximum Gasteiger partial charge on any atom is 0.264 e. The minimum absolute atomic E-state index is 0.115. The lowest BCUT2D eigenvalue weighted by Gasteiger charge is -2.15. The average Bonchev–Trinajstić information content (AvgIpc) is 3.11. The molecule has 2 N–H and O–H groups in total. The van der Waals surface area contributed by atoms with Crippen LogP contribution in [0, 0.1) is 13.8 Å². The quantitative estimate of drug-likeness (QED) is 0.440. The molecule has 0 amide bonds. The van der Waals surface area contributed by atoms with E-state index in [1.54, 1.807) is 50.5 Å². The maximum atomic E-state index is 13.3. The van der Waals surface area contributed by atoms with Crippen molar-refractivity contribution in [3.8, 4) is 22.5 Å². The van der Waals surface area contributed by atoms with Crippen LogP contribution in [-0.2, 0) is 16.6 Å². The van der Waals surface area contributed by atoms with Crippen LogP contribution in [0.5, 0.6) is 0 Å². The predicted octanol–water partition coefficient (Wildman–Crippen LogP) is 3.94. The van der Waals surface area contributed by atoms with Crippen molar-refractivity contribution in [1.29, 1.82) is 0 Å². The molecule has 0 saturated heterocycles. The first-order valence-corrected chi connectivity index (χ1v) is 11.5. The number of hydrogen-bond donors (Lipinski definition) is 2. The van der Waals surface area contributed by atoms with Crippen LogP contribution in [0.1, 0.15) is 16.8 Å². The van der Waals surface area contributed by atoms with Gasteiger partial charge in [-0.1, -0.05) is 35.5 Å². The molecule has 0 unspecified atom stereocenters. The number of hydrogen-bond acceptors (Lipinski definition) is 7. The molecule has 0 spiro atoms. The smallest absolute Gasteiger partial charge is 0.264 e. The summed E-state index contributed by atoms with van der Waals surface area (Å²) >= 11 is 0. The summed E-state index contributed by atoms with van der Waals surface area (Å²) in [5.41, 5.74) is 4.43. The summed E-state index contributed by atoms with van der Waals surface area (Å²) in [6.45, 7) is 4.05. The molecule has 4 rings (SSSR count). The van der Waals surface area contributed by atoms with Gasteiger partial charge in [0.15, 0.2) is 5.82 Å². The molecule has 0 saturated carbocycles. The van der Waals surface area contributed by atoms with Gasteiger partial charge in [0.25, 0.3) is 10.0 Å². The summed E-state index contributed by atoms with van der Waals surface area (Å²) in [7, 11) is -2.08. The fourth-order valence-electron chi connectivity index (χ4n) is 3.39. The van der Waals surface area contributed by atoms with Gasteiger partial charge >= 0.3 is 0 Å². The Morgan fingerprint density at radius 3 is 2.41 bits per heavy atom. The van der Waals surface area contributed by atoms with Gasteiger partial charge in [-0.3, -0.25) is 0 Å². The molecule has 0 fully saturated rings. The second kappa shape index (κ2) is 8.89. The van der Waals surface area contributed by atoms with Gasteiger partial charge in [0.1, 0.15) is 0 Å². The Morgan fingerprint density at radius 2 is 1.72 bits per heavy atom. The van der Waals surface area contributed by atoms with Gasteiger partial charge in [-0.15, -0.1) is 0 Å². The van der Waals surface area contributed by atoms with E-state index in [0.717, 1.165) is 16.7 Å². The van der Waals surface area contributed by atoms with E-state index in [0.29, 0.717) is 29.2 Å². The minimum atomic E-state index is -3.92. The molecule has 2 heterocycles. The predicted molar refractivity (Wildman–Crippen MR) is 122 cm³/mol. The monoisotopic (exact) mass is 449 g/mol. The number of nitrogens with one attached hydrogen (secondary N) is 2. The van der Waals surface area contributed by atoms with Gasteiger partial charge < -0.3 is 9.84 Å². The van der Waals surface area contributed by atoms with Gasteiger partial charge in [-0.05, 0) is 50.2 Å². The number of aromatic nitrogens is 3. The minimum Gasteiger partial charge on any atom is -0.337 e. The molecule has 4 aromatic rings. The fraction of sp³-hybridized carbons (Fsp3) is 0.174. The van der Waals surface area contributed by atoms with Crippen molar-refractivity contribution in [2.24, 2.45) is 0 Å². The Bertz CT molecular complexity index is 1350. The molecule has 0 aliphatic rings. The summed E-state index contributed by atoms with van der Waals surface area (Å²) in [5, 5.41) is 6.98. The fourth-order valence-corrected chi connectivity index (χ4v) is 4.66. The van der Waals surface area contributed by atoms with Crippen LogP contribution in [0.25, 0.3) is 22.5 Å². The third-order valence-corrected chi connectivity index (χ3v) is 6.54. The van der Waals surface area contributed by atoms with E-state index in [1.165, 1.54) is 0 Å². The van der Waals surface area contributed by atoms with Crippen LogP contribution in [0.4, 0.5) is 5.88 Å². The molecule has 32 heavy (non-hydrogen) atoms. The summed E-state index contributed by atoms with van der Waals surface area (Å²) < 4.78 is 34.3. The van der Waals surface area contributed by atoms with Gasteiger partial charge in [0.2, 0.25) is 5.88 Å². The van der Waals surface area contributed by atoms with Crippen LogP contribution in [0.2, 0.25) is 0 Å². The number of benzene rings is 2. The third-order valence-electron chi connectivity index (χ3n) is 5.15. The maximum absolute atomic E-state index is 13.3. The number of nitrogens with zero attached hydrogens (tertiary/aromatic N) is 3. The Kier molecular flexibility index (Phi) is 6.02. The molecule has 0 atom stereocenters. The van der Waals surface area contributed by atoms with Gasteiger partial charge in [0.05, 0.1) is 10.6 Å². The van der Waals surface area contributed by atoms with Gasteiger partial charge in [-0.2, -0.15) is 0 Å². The van der Waals surface area contributed by atoms with E-state index in [9.17, 15) is 8.42 Å². The van der Waals surface area contributed by atoms with Crippen LogP contribution in [0.15, 0.2) is 70.3 Å². The highest BCUT2D eigenvalue weighted by atomic mass is 32.2. The summed E-state index contributed by atoms with van der Waals surface area (Å²) in [6, 6.07) is 14.4. The zero-order chi connectivity index (χ0) is 22.7. The zero-order valence-electron chi connectivity index (χ0n) is 18.0. The standard InChI is InChI=1S/C23H23N5O3S/c1-15-16(2)27-31-23(15)28-32(29,30)21-8-5-4-7-20(21)19-10-9-17(13-18(19)14-24-3)22-25-11-6-12-26-22/h4-13,24,28H,14H2,1-3H3. The highest BCUT2D eigenvalue weighted by molar-refractivity contribution is 7.92. The topological polar surface area (TPSA) is 110 Å². The first-order chi connectivity index (χ1) is 15.4. The summed E-state index contributed by atoms with van der Waals surface area (Å²) in [6.07, 6.45) is 3.38. The Labute approximate surface area is 186 Å². The molecular weight excluding hydrogens is 426 g/mol. The third kappa shape index (κ3) is 4.25.